The van der Waals surface area contributed by atoms with Gasteiger partial charge in [-0.25, -0.2) is 0 Å². The lowest BCUT2D eigenvalue weighted by molar-refractivity contribution is 0.356. The third-order valence-electron chi connectivity index (χ3n) is 9.83. The van der Waals surface area contributed by atoms with Crippen LogP contribution in [0, 0.1) is 6.92 Å². The molecule has 4 heterocycles. The van der Waals surface area contributed by atoms with Gasteiger partial charge in [-0.3, -0.25) is 19.9 Å². The van der Waals surface area contributed by atoms with E-state index in [4.69, 9.17) is 23.9 Å². The minimum absolute atomic E-state index is 0. The lowest BCUT2D eigenvalue weighted by Crippen LogP contribution is -1.99. The van der Waals surface area contributed by atoms with Crippen molar-refractivity contribution in [2.75, 3.05) is 28.4 Å². The van der Waals surface area contributed by atoms with Gasteiger partial charge in [0.2, 0.25) is 0 Å². The van der Waals surface area contributed by atoms with Gasteiger partial charge in [-0.1, -0.05) is 49.7 Å². The Labute approximate surface area is 364 Å². The number of ether oxygens (including phenoxy) is 4. The van der Waals surface area contributed by atoms with Gasteiger partial charge in [0.25, 0.3) is 0 Å². The van der Waals surface area contributed by atoms with Crippen LogP contribution in [0.5, 0.6) is 23.0 Å². The first-order valence-electron chi connectivity index (χ1n) is 18.1. The quantitative estimate of drug-likeness (QED) is 0.134. The van der Waals surface area contributed by atoms with Crippen LogP contribution in [0.1, 0.15) is 47.0 Å². The van der Waals surface area contributed by atoms with Gasteiger partial charge in [-0.15, -0.1) is 49.6 Å². The van der Waals surface area contributed by atoms with Crippen LogP contribution >= 0.6 is 49.6 Å². The highest BCUT2D eigenvalue weighted by molar-refractivity contribution is 5.92. The number of benzene rings is 4. The van der Waals surface area contributed by atoms with E-state index in [2.05, 4.69) is 52.2 Å². The van der Waals surface area contributed by atoms with Crippen molar-refractivity contribution < 1.29 is 18.9 Å². The monoisotopic (exact) mass is 860 g/mol. The molecule has 0 saturated carbocycles. The van der Waals surface area contributed by atoms with Crippen LogP contribution in [0.25, 0.3) is 43.4 Å². The van der Waals surface area contributed by atoms with Crippen molar-refractivity contribution in [1.82, 2.24) is 19.9 Å². The number of fused-ring (bicyclic) bond motifs is 4. The molecule has 58 heavy (non-hydrogen) atoms. The smallest absolute Gasteiger partial charge is 0.161 e. The van der Waals surface area contributed by atoms with Gasteiger partial charge >= 0.3 is 0 Å². The number of hydrogen-bond acceptors (Lipinski definition) is 8. The fourth-order valence-electron chi connectivity index (χ4n) is 7.03. The Bertz CT molecular complexity index is 2630. The van der Waals surface area contributed by atoms with Gasteiger partial charge in [0.15, 0.2) is 23.0 Å². The van der Waals surface area contributed by atoms with Crippen molar-refractivity contribution in [2.24, 2.45) is 0 Å². The predicted octanol–water partition coefficient (Wildman–Crippen LogP) is 11.7. The largest absolute Gasteiger partial charge is 0.493 e. The molecule has 0 fully saturated rings. The molecule has 8 aromatic rings. The molecular weight excluding hydrogens is 814 g/mol. The van der Waals surface area contributed by atoms with Gasteiger partial charge in [0.1, 0.15) is 0 Å². The molecule has 0 atom stereocenters. The van der Waals surface area contributed by atoms with Crippen LogP contribution in [-0.4, -0.2) is 48.4 Å². The Hall–Kier alpha value is -5.12. The van der Waals surface area contributed by atoms with E-state index in [1.54, 1.807) is 28.4 Å². The van der Waals surface area contributed by atoms with E-state index < -0.39 is 0 Å². The molecule has 0 unspecified atom stereocenters. The first kappa shape index (κ1) is 47.3. The molecule has 0 spiro atoms. The van der Waals surface area contributed by atoms with E-state index in [0.29, 0.717) is 5.75 Å². The number of aryl methyl sites for hydroxylation is 2. The first-order chi connectivity index (χ1) is 26.4. The molecule has 4 aromatic carbocycles. The summed E-state index contributed by atoms with van der Waals surface area (Å²) >= 11 is 0. The molecule has 8 nitrogen and oxygen atoms in total. The molecule has 0 amide bonds. The lowest BCUT2D eigenvalue weighted by Gasteiger charge is -2.14. The second kappa shape index (κ2) is 21.6. The highest BCUT2D eigenvalue weighted by Crippen LogP contribution is 2.37. The van der Waals surface area contributed by atoms with Gasteiger partial charge in [-0.2, -0.15) is 0 Å². The number of nitrogens with zero attached hydrogens (tertiary/aromatic N) is 4. The van der Waals surface area contributed by atoms with E-state index >= 15 is 0 Å². The Kier molecular flexibility index (Phi) is 17.6. The second-order valence-electron chi connectivity index (χ2n) is 13.3. The van der Waals surface area contributed by atoms with Gasteiger partial charge in [0, 0.05) is 70.6 Å². The zero-order chi connectivity index (χ0) is 37.6. The van der Waals surface area contributed by atoms with Gasteiger partial charge in [0.05, 0.1) is 39.5 Å². The van der Waals surface area contributed by atoms with Crippen LogP contribution in [0.2, 0.25) is 0 Å². The number of methoxy groups -OCH3 is 4. The fourth-order valence-corrected chi connectivity index (χ4v) is 7.03. The van der Waals surface area contributed by atoms with E-state index in [-0.39, 0.29) is 49.6 Å². The average Bonchev–Trinajstić information content (AvgIpc) is 3.22. The van der Waals surface area contributed by atoms with Crippen LogP contribution in [0.4, 0.5) is 0 Å². The topological polar surface area (TPSA) is 88.5 Å². The van der Waals surface area contributed by atoms with E-state index in [9.17, 15) is 0 Å². The zero-order valence-electron chi connectivity index (χ0n) is 33.3. The summed E-state index contributed by atoms with van der Waals surface area (Å²) in [5, 5.41) is 6.75. The summed E-state index contributed by atoms with van der Waals surface area (Å²) in [6.07, 6.45) is 11.3. The molecule has 0 saturated heterocycles. The fraction of sp³-hybridized carbons (Fsp3) is 0.217. The summed E-state index contributed by atoms with van der Waals surface area (Å²) in [5.74, 6) is 2.91. The number of hydrogen-bond donors (Lipinski definition) is 0. The Balaban J connectivity index is 0.000000291. The van der Waals surface area contributed by atoms with E-state index in [1.165, 1.54) is 11.1 Å². The molecule has 0 bridgehead atoms. The van der Waals surface area contributed by atoms with Crippen LogP contribution in [0.3, 0.4) is 0 Å². The van der Waals surface area contributed by atoms with Crippen molar-refractivity contribution >= 4 is 93.0 Å². The summed E-state index contributed by atoms with van der Waals surface area (Å²) in [6.45, 7) is 4.21. The molecule has 0 aliphatic heterocycles. The van der Waals surface area contributed by atoms with Gasteiger partial charge < -0.3 is 18.9 Å². The molecule has 12 heteroatoms. The van der Waals surface area contributed by atoms with Crippen molar-refractivity contribution in [3.8, 4) is 23.0 Å². The van der Waals surface area contributed by atoms with Crippen LogP contribution < -0.4 is 18.9 Å². The number of pyridine rings is 4. The van der Waals surface area contributed by atoms with Crippen LogP contribution in [-0.2, 0) is 19.3 Å². The van der Waals surface area contributed by atoms with E-state index in [1.807, 2.05) is 86.3 Å². The summed E-state index contributed by atoms with van der Waals surface area (Å²) in [6, 6.07) is 28.9. The maximum Gasteiger partial charge on any atom is 0.161 e. The highest BCUT2D eigenvalue weighted by Gasteiger charge is 2.15. The molecule has 0 N–H and O–H groups in total. The first-order valence-corrected chi connectivity index (χ1v) is 18.1. The molecule has 0 radical (unpaired) electrons. The number of para-hydroxylation sites is 2. The Morgan fingerprint density at radius 1 is 0.483 bits per heavy atom. The van der Waals surface area contributed by atoms with E-state index in [0.717, 1.165) is 109 Å². The van der Waals surface area contributed by atoms with Crippen LogP contribution in [0.15, 0.2) is 110 Å². The summed E-state index contributed by atoms with van der Waals surface area (Å²) in [4.78, 5) is 18.5. The zero-order valence-corrected chi connectivity index (χ0v) is 36.5. The molecular formula is C46H48Cl4N4O4. The molecule has 4 aromatic heterocycles. The molecule has 0 aliphatic rings. The number of rotatable bonds is 10. The molecule has 0 aliphatic carbocycles. The van der Waals surface area contributed by atoms with Crippen molar-refractivity contribution in [3.63, 3.8) is 0 Å². The maximum atomic E-state index is 5.55. The minimum atomic E-state index is 0. The standard InChI is InChI=1S/C24H24N2O2.C22H20N2O2.4ClH/c1-4-7-22-20-13-24(28-3)23(27-2)12-19(20)18(15-26-22)11-16-10-17-8-5-6-9-21(17)25-14-16;1-14-18(9-15-8-16-6-4-5-7-20(16)24-12-15)19-11-22(26-3)21(25-2)10-17(19)13-23-14;;;;/h5-6,8-10,12-15H,4,7,11H2,1-3H3;4-8,10-13H,9H2,1-3H3;4*1H. The van der Waals surface area contributed by atoms with Gasteiger partial charge in [-0.05, 0) is 94.9 Å². The molecule has 8 rings (SSSR count). The third kappa shape index (κ3) is 10.1. The molecule has 304 valence electrons. The third-order valence-corrected chi connectivity index (χ3v) is 9.83. The predicted molar refractivity (Wildman–Crippen MR) is 247 cm³/mol. The summed E-state index contributed by atoms with van der Waals surface area (Å²) < 4.78 is 22.0. The van der Waals surface area contributed by atoms with Crippen molar-refractivity contribution in [2.45, 2.75) is 39.5 Å². The lowest BCUT2D eigenvalue weighted by atomic mass is 9.97. The maximum absolute atomic E-state index is 5.55. The summed E-state index contributed by atoms with van der Waals surface area (Å²) in [5.41, 5.74) is 8.80. The van der Waals surface area contributed by atoms with Crippen molar-refractivity contribution in [3.05, 3.63) is 143 Å². The Morgan fingerprint density at radius 2 is 0.983 bits per heavy atom. The number of aromatic nitrogens is 4. The Morgan fingerprint density at radius 3 is 1.53 bits per heavy atom. The van der Waals surface area contributed by atoms with Crippen molar-refractivity contribution in [1.29, 1.82) is 0 Å². The average molecular weight is 863 g/mol. The SMILES string of the molecule is CCCc1ncc(Cc2cnc3ccccc3c2)c2cc(OC)c(OC)cc12.COc1cc2cnc(C)c(Cc3cnc4ccccc4c3)c2cc1OC.Cl.Cl.Cl.Cl. The summed E-state index contributed by atoms with van der Waals surface area (Å²) in [7, 11) is 6.64. The highest BCUT2D eigenvalue weighted by atomic mass is 35.5. The normalized spacial score (nSPS) is 10.3. The second-order valence-corrected chi connectivity index (χ2v) is 13.3. The number of halogens is 4. The minimum Gasteiger partial charge on any atom is -0.493 e.